The number of alkyl halides is 3. The van der Waals surface area contributed by atoms with Gasteiger partial charge in [0.1, 0.15) is 0 Å². The van der Waals surface area contributed by atoms with Gasteiger partial charge in [0, 0.05) is 19.2 Å². The zero-order valence-electron chi connectivity index (χ0n) is 11.7. The summed E-state index contributed by atoms with van der Waals surface area (Å²) in [6.45, 7) is 1.47. The minimum atomic E-state index is -4.40. The maximum atomic E-state index is 12.6. The third-order valence-electron chi connectivity index (χ3n) is 2.68. The van der Waals surface area contributed by atoms with Gasteiger partial charge in [0.25, 0.3) is 0 Å². The average Bonchev–Trinajstić information content (AvgIpc) is 2.92. The molecular weight excluding hydrogens is 323 g/mol. The van der Waals surface area contributed by atoms with Gasteiger partial charge in [-0.1, -0.05) is 17.3 Å². The predicted molar refractivity (Wildman–Crippen MR) is 75.6 cm³/mol. The molecule has 0 saturated heterocycles. The highest BCUT2D eigenvalue weighted by atomic mass is 35.5. The van der Waals surface area contributed by atoms with Crippen LogP contribution >= 0.6 is 12.4 Å². The summed E-state index contributed by atoms with van der Waals surface area (Å²) in [5.41, 5.74) is -0.485. The SMILES string of the molecule is COCCNCc1nc(-c2cccc(C(F)(F)F)c2)no1.Cl. The van der Waals surface area contributed by atoms with Gasteiger partial charge in [0.05, 0.1) is 18.7 Å². The largest absolute Gasteiger partial charge is 0.416 e. The van der Waals surface area contributed by atoms with Crippen LogP contribution in [-0.2, 0) is 17.5 Å². The highest BCUT2D eigenvalue weighted by Gasteiger charge is 2.30. The summed E-state index contributed by atoms with van der Waals surface area (Å²) in [5, 5.41) is 6.69. The Hall–Kier alpha value is -1.64. The van der Waals surface area contributed by atoms with Crippen LogP contribution in [-0.4, -0.2) is 30.4 Å². The Morgan fingerprint density at radius 3 is 2.77 bits per heavy atom. The molecule has 1 aromatic heterocycles. The van der Waals surface area contributed by atoms with Crippen molar-refractivity contribution in [1.29, 1.82) is 0 Å². The van der Waals surface area contributed by atoms with Gasteiger partial charge in [-0.05, 0) is 12.1 Å². The number of ether oxygens (including phenoxy) is 1. The van der Waals surface area contributed by atoms with E-state index < -0.39 is 11.7 Å². The fourth-order valence-electron chi connectivity index (χ4n) is 1.65. The number of rotatable bonds is 6. The van der Waals surface area contributed by atoms with E-state index in [-0.39, 0.29) is 23.8 Å². The van der Waals surface area contributed by atoms with E-state index in [4.69, 9.17) is 9.26 Å². The second-order valence-corrected chi connectivity index (χ2v) is 4.26. The molecule has 1 heterocycles. The third-order valence-corrected chi connectivity index (χ3v) is 2.68. The topological polar surface area (TPSA) is 60.2 Å². The predicted octanol–water partition coefficient (Wildman–Crippen LogP) is 2.91. The van der Waals surface area contributed by atoms with Crippen molar-refractivity contribution in [3.8, 4) is 11.4 Å². The van der Waals surface area contributed by atoms with Crippen molar-refractivity contribution in [1.82, 2.24) is 15.5 Å². The van der Waals surface area contributed by atoms with E-state index in [1.165, 1.54) is 12.1 Å². The number of hydrogen-bond donors (Lipinski definition) is 1. The minimum Gasteiger partial charge on any atom is -0.383 e. The Kier molecular flexibility index (Phi) is 6.79. The lowest BCUT2D eigenvalue weighted by atomic mass is 10.1. The molecule has 5 nitrogen and oxygen atoms in total. The van der Waals surface area contributed by atoms with Gasteiger partial charge in [0.2, 0.25) is 11.7 Å². The highest BCUT2D eigenvalue weighted by molar-refractivity contribution is 5.85. The summed E-state index contributed by atoms with van der Waals surface area (Å²) in [7, 11) is 1.58. The molecular formula is C13H15ClF3N3O2. The third kappa shape index (κ3) is 4.97. The lowest BCUT2D eigenvalue weighted by Gasteiger charge is -2.06. The molecule has 0 saturated carbocycles. The van der Waals surface area contributed by atoms with Crippen LogP contribution in [0.1, 0.15) is 11.5 Å². The Balaban J connectivity index is 0.00000242. The van der Waals surface area contributed by atoms with Gasteiger partial charge >= 0.3 is 6.18 Å². The van der Waals surface area contributed by atoms with Crippen molar-refractivity contribution in [2.24, 2.45) is 0 Å². The van der Waals surface area contributed by atoms with Crippen LogP contribution in [0, 0.1) is 0 Å². The summed E-state index contributed by atoms with van der Waals surface area (Å²) in [5.74, 6) is 0.433. The summed E-state index contributed by atoms with van der Waals surface area (Å²) < 4.78 is 47.8. The number of nitrogens with one attached hydrogen (secondary N) is 1. The van der Waals surface area contributed by atoms with Crippen LogP contribution in [0.25, 0.3) is 11.4 Å². The molecule has 2 rings (SSSR count). The monoisotopic (exact) mass is 337 g/mol. The number of hydrogen-bond acceptors (Lipinski definition) is 5. The van der Waals surface area contributed by atoms with Gasteiger partial charge in [-0.2, -0.15) is 18.2 Å². The second-order valence-electron chi connectivity index (χ2n) is 4.26. The molecule has 122 valence electrons. The molecule has 9 heteroatoms. The van der Waals surface area contributed by atoms with Gasteiger partial charge in [0.15, 0.2) is 0 Å². The van der Waals surface area contributed by atoms with E-state index in [2.05, 4.69) is 15.5 Å². The number of halogens is 4. The van der Waals surface area contributed by atoms with Crippen molar-refractivity contribution < 1.29 is 22.4 Å². The molecule has 0 amide bonds. The van der Waals surface area contributed by atoms with Crippen molar-refractivity contribution in [2.75, 3.05) is 20.3 Å². The molecule has 0 atom stereocenters. The van der Waals surface area contributed by atoms with Gasteiger partial charge in [-0.25, -0.2) is 0 Å². The quantitative estimate of drug-likeness (QED) is 0.821. The second kappa shape index (κ2) is 8.11. The molecule has 0 spiro atoms. The van der Waals surface area contributed by atoms with Gasteiger partial charge in [-0.3, -0.25) is 0 Å². The molecule has 0 unspecified atom stereocenters. The van der Waals surface area contributed by atoms with E-state index in [0.29, 0.717) is 25.6 Å². The Morgan fingerprint density at radius 2 is 2.09 bits per heavy atom. The molecule has 22 heavy (non-hydrogen) atoms. The molecule has 0 bridgehead atoms. The van der Waals surface area contributed by atoms with Crippen molar-refractivity contribution in [3.63, 3.8) is 0 Å². The van der Waals surface area contributed by atoms with E-state index in [1.807, 2.05) is 0 Å². The van der Waals surface area contributed by atoms with Gasteiger partial charge < -0.3 is 14.6 Å². The first kappa shape index (κ1) is 18.4. The first-order chi connectivity index (χ1) is 10.0. The van der Waals surface area contributed by atoms with Crippen LogP contribution in [0.15, 0.2) is 28.8 Å². The van der Waals surface area contributed by atoms with Crippen molar-refractivity contribution in [3.05, 3.63) is 35.7 Å². The Labute approximate surface area is 131 Å². The summed E-state index contributed by atoms with van der Waals surface area (Å²) in [6, 6.07) is 4.80. The fourth-order valence-corrected chi connectivity index (χ4v) is 1.65. The zero-order valence-corrected chi connectivity index (χ0v) is 12.5. The lowest BCUT2D eigenvalue weighted by Crippen LogP contribution is -2.18. The van der Waals surface area contributed by atoms with Crippen LogP contribution in [0.5, 0.6) is 0 Å². The normalized spacial score (nSPS) is 11.3. The van der Waals surface area contributed by atoms with Crippen LogP contribution < -0.4 is 5.32 Å². The molecule has 1 aromatic carbocycles. The summed E-state index contributed by atoms with van der Waals surface area (Å²) in [4.78, 5) is 4.05. The van der Waals surface area contributed by atoms with E-state index in [0.717, 1.165) is 12.1 Å². The fraction of sp³-hybridized carbons (Fsp3) is 0.385. The van der Waals surface area contributed by atoms with Gasteiger partial charge in [-0.15, -0.1) is 12.4 Å². The van der Waals surface area contributed by atoms with E-state index in [1.54, 1.807) is 7.11 Å². The number of methoxy groups -OCH3 is 1. The average molecular weight is 338 g/mol. The first-order valence-electron chi connectivity index (χ1n) is 6.20. The molecule has 2 aromatic rings. The van der Waals surface area contributed by atoms with Crippen molar-refractivity contribution in [2.45, 2.75) is 12.7 Å². The molecule has 1 N–H and O–H groups in total. The molecule has 0 fully saturated rings. The van der Waals surface area contributed by atoms with Crippen molar-refractivity contribution >= 4 is 12.4 Å². The van der Waals surface area contributed by atoms with Crippen LogP contribution in [0.2, 0.25) is 0 Å². The molecule has 0 radical (unpaired) electrons. The Bertz CT molecular complexity index is 590. The first-order valence-corrected chi connectivity index (χ1v) is 6.20. The summed E-state index contributed by atoms with van der Waals surface area (Å²) >= 11 is 0. The zero-order chi connectivity index (χ0) is 15.3. The van der Waals surface area contributed by atoms with E-state index >= 15 is 0 Å². The maximum Gasteiger partial charge on any atom is 0.416 e. The standard InChI is InChI=1S/C13H14F3N3O2.ClH/c1-20-6-5-17-8-11-18-12(19-21-11)9-3-2-4-10(7-9)13(14,15)16;/h2-4,7,17H,5-6,8H2,1H3;1H. The maximum absolute atomic E-state index is 12.6. The molecule has 0 aliphatic heterocycles. The van der Waals surface area contributed by atoms with Crippen LogP contribution in [0.4, 0.5) is 13.2 Å². The Morgan fingerprint density at radius 1 is 1.32 bits per heavy atom. The highest BCUT2D eigenvalue weighted by Crippen LogP contribution is 2.31. The lowest BCUT2D eigenvalue weighted by molar-refractivity contribution is -0.137. The smallest absolute Gasteiger partial charge is 0.383 e. The van der Waals surface area contributed by atoms with Crippen LogP contribution in [0.3, 0.4) is 0 Å². The molecule has 0 aliphatic rings. The summed E-state index contributed by atoms with van der Waals surface area (Å²) in [6.07, 6.45) is -4.40. The number of nitrogens with zero attached hydrogens (tertiary/aromatic N) is 2. The number of aromatic nitrogens is 2. The number of benzene rings is 1. The minimum absolute atomic E-state index is 0. The van der Waals surface area contributed by atoms with E-state index in [9.17, 15) is 13.2 Å². The molecule has 0 aliphatic carbocycles.